The molecular weight excluding hydrogens is 232 g/mol. The van der Waals surface area contributed by atoms with E-state index in [1.54, 1.807) is 6.07 Å². The van der Waals surface area contributed by atoms with E-state index >= 15 is 0 Å². The Morgan fingerprint density at radius 3 is 2.72 bits per heavy atom. The average Bonchev–Trinajstić information content (AvgIpc) is 2.32. The second-order valence-corrected chi connectivity index (χ2v) is 5.05. The van der Waals surface area contributed by atoms with E-state index in [9.17, 15) is 10.1 Å². The molecule has 1 fully saturated rings. The van der Waals surface area contributed by atoms with Crippen LogP contribution in [0.25, 0.3) is 0 Å². The minimum absolute atomic E-state index is 0.0130. The van der Waals surface area contributed by atoms with Crippen molar-refractivity contribution in [3.63, 3.8) is 0 Å². The van der Waals surface area contributed by atoms with E-state index in [1.165, 1.54) is 6.20 Å². The Labute approximate surface area is 106 Å². The van der Waals surface area contributed by atoms with Crippen LogP contribution in [-0.2, 0) is 0 Å². The van der Waals surface area contributed by atoms with Gasteiger partial charge in [0.2, 0.25) is 0 Å². The molecule has 0 amide bonds. The van der Waals surface area contributed by atoms with Crippen LogP contribution in [-0.4, -0.2) is 28.5 Å². The highest BCUT2D eigenvalue weighted by Gasteiger charge is 2.27. The molecule has 1 aromatic rings. The van der Waals surface area contributed by atoms with Crippen LogP contribution < -0.4 is 10.6 Å². The first-order chi connectivity index (χ1) is 8.50. The van der Waals surface area contributed by atoms with Crippen LogP contribution >= 0.6 is 0 Å². The summed E-state index contributed by atoms with van der Waals surface area (Å²) in [7, 11) is 0. The lowest BCUT2D eigenvalue weighted by Crippen LogP contribution is -2.45. The molecule has 2 N–H and O–H groups in total. The lowest BCUT2D eigenvalue weighted by Gasteiger charge is -2.35. The van der Waals surface area contributed by atoms with Crippen molar-refractivity contribution < 1.29 is 4.92 Å². The SMILES string of the molecule is Cc1cc([N+](=O)[O-])cnc1NC1(C)CCNCC1. The third-order valence-electron chi connectivity index (χ3n) is 3.40. The minimum Gasteiger partial charge on any atom is -0.365 e. The third-order valence-corrected chi connectivity index (χ3v) is 3.40. The van der Waals surface area contributed by atoms with E-state index in [0.29, 0.717) is 0 Å². The number of pyridine rings is 1. The predicted octanol–water partition coefficient (Wildman–Crippen LogP) is 1.85. The van der Waals surface area contributed by atoms with Gasteiger partial charge in [0.25, 0.3) is 5.69 Å². The Balaban J connectivity index is 2.16. The number of nitro groups is 1. The summed E-state index contributed by atoms with van der Waals surface area (Å²) in [5.74, 6) is 0.741. The van der Waals surface area contributed by atoms with E-state index in [0.717, 1.165) is 37.3 Å². The maximum absolute atomic E-state index is 10.7. The van der Waals surface area contributed by atoms with Crippen LogP contribution in [0.5, 0.6) is 0 Å². The number of nitrogens with one attached hydrogen (secondary N) is 2. The quantitative estimate of drug-likeness (QED) is 0.632. The number of piperidine rings is 1. The van der Waals surface area contributed by atoms with Crippen LogP contribution in [0.1, 0.15) is 25.3 Å². The Morgan fingerprint density at radius 2 is 2.17 bits per heavy atom. The largest absolute Gasteiger partial charge is 0.365 e. The second-order valence-electron chi connectivity index (χ2n) is 5.05. The van der Waals surface area contributed by atoms with E-state index < -0.39 is 4.92 Å². The first-order valence-corrected chi connectivity index (χ1v) is 6.10. The number of aromatic nitrogens is 1. The fraction of sp³-hybridized carbons (Fsp3) is 0.583. The molecule has 0 spiro atoms. The standard InChI is InChI=1S/C12H18N4O2/c1-9-7-10(16(17)18)8-14-11(9)15-12(2)3-5-13-6-4-12/h7-8,13H,3-6H2,1-2H3,(H,14,15). The van der Waals surface area contributed by atoms with Gasteiger partial charge in [-0.15, -0.1) is 0 Å². The smallest absolute Gasteiger partial charge is 0.287 e. The molecule has 1 saturated heterocycles. The maximum Gasteiger partial charge on any atom is 0.287 e. The van der Waals surface area contributed by atoms with E-state index in [1.807, 2.05) is 6.92 Å². The molecule has 0 bridgehead atoms. The summed E-state index contributed by atoms with van der Waals surface area (Å²) in [5, 5.41) is 17.4. The van der Waals surface area contributed by atoms with Crippen molar-refractivity contribution >= 4 is 11.5 Å². The molecule has 98 valence electrons. The first kappa shape index (κ1) is 12.8. The van der Waals surface area contributed by atoms with Gasteiger partial charge in [0.05, 0.1) is 4.92 Å². The van der Waals surface area contributed by atoms with Gasteiger partial charge >= 0.3 is 0 Å². The highest BCUT2D eigenvalue weighted by molar-refractivity contribution is 5.49. The summed E-state index contributed by atoms with van der Waals surface area (Å²) in [6.45, 7) is 5.97. The third kappa shape index (κ3) is 2.76. The molecule has 6 nitrogen and oxygen atoms in total. The van der Waals surface area contributed by atoms with Crippen molar-refractivity contribution in [3.05, 3.63) is 27.9 Å². The molecule has 2 rings (SSSR count). The molecule has 0 aromatic carbocycles. The normalized spacial score (nSPS) is 18.3. The van der Waals surface area contributed by atoms with E-state index in [4.69, 9.17) is 0 Å². The van der Waals surface area contributed by atoms with Gasteiger partial charge in [-0.05, 0) is 45.3 Å². The van der Waals surface area contributed by atoms with Gasteiger partial charge in [0.15, 0.2) is 0 Å². The summed E-state index contributed by atoms with van der Waals surface area (Å²) in [6, 6.07) is 1.56. The number of rotatable bonds is 3. The molecule has 0 saturated carbocycles. The second kappa shape index (κ2) is 4.89. The molecular formula is C12H18N4O2. The fourth-order valence-corrected chi connectivity index (χ4v) is 2.18. The number of anilines is 1. The van der Waals surface area contributed by atoms with Crippen molar-refractivity contribution in [2.24, 2.45) is 0 Å². The molecule has 2 heterocycles. The summed E-state index contributed by atoms with van der Waals surface area (Å²) in [4.78, 5) is 14.4. The van der Waals surface area contributed by atoms with Crippen molar-refractivity contribution in [2.45, 2.75) is 32.2 Å². The number of nitrogens with zero attached hydrogens (tertiary/aromatic N) is 2. The Kier molecular flexibility index (Phi) is 3.47. The highest BCUT2D eigenvalue weighted by Crippen LogP contribution is 2.26. The van der Waals surface area contributed by atoms with Crippen LogP contribution in [0, 0.1) is 17.0 Å². The first-order valence-electron chi connectivity index (χ1n) is 6.10. The molecule has 0 atom stereocenters. The minimum atomic E-state index is -0.421. The van der Waals surface area contributed by atoms with Gasteiger partial charge in [0.1, 0.15) is 12.0 Å². The zero-order valence-electron chi connectivity index (χ0n) is 10.7. The summed E-state index contributed by atoms with van der Waals surface area (Å²) >= 11 is 0. The molecule has 1 aromatic heterocycles. The van der Waals surface area contributed by atoms with Crippen LogP contribution in [0.15, 0.2) is 12.3 Å². The zero-order valence-corrected chi connectivity index (χ0v) is 10.7. The van der Waals surface area contributed by atoms with Crippen molar-refractivity contribution in [1.29, 1.82) is 0 Å². The van der Waals surface area contributed by atoms with Crippen LogP contribution in [0.4, 0.5) is 11.5 Å². The predicted molar refractivity (Wildman–Crippen MR) is 69.8 cm³/mol. The van der Waals surface area contributed by atoms with Gasteiger partial charge in [-0.2, -0.15) is 0 Å². The van der Waals surface area contributed by atoms with E-state index in [-0.39, 0.29) is 11.2 Å². The number of hydrogen-bond donors (Lipinski definition) is 2. The lowest BCUT2D eigenvalue weighted by atomic mass is 9.90. The monoisotopic (exact) mass is 250 g/mol. The fourth-order valence-electron chi connectivity index (χ4n) is 2.18. The molecule has 0 unspecified atom stereocenters. The van der Waals surface area contributed by atoms with Crippen molar-refractivity contribution in [3.8, 4) is 0 Å². The highest BCUT2D eigenvalue weighted by atomic mass is 16.6. The summed E-state index contributed by atoms with van der Waals surface area (Å²) < 4.78 is 0. The summed E-state index contributed by atoms with van der Waals surface area (Å²) in [5.41, 5.74) is 0.858. The number of hydrogen-bond acceptors (Lipinski definition) is 5. The summed E-state index contributed by atoms with van der Waals surface area (Å²) in [6.07, 6.45) is 3.34. The molecule has 0 radical (unpaired) electrons. The Morgan fingerprint density at radius 1 is 1.50 bits per heavy atom. The molecule has 0 aliphatic carbocycles. The Bertz CT molecular complexity index is 455. The Hall–Kier alpha value is -1.69. The van der Waals surface area contributed by atoms with Gasteiger partial charge in [-0.25, -0.2) is 4.98 Å². The van der Waals surface area contributed by atoms with E-state index in [2.05, 4.69) is 22.5 Å². The van der Waals surface area contributed by atoms with Crippen molar-refractivity contribution in [2.75, 3.05) is 18.4 Å². The van der Waals surface area contributed by atoms with Crippen LogP contribution in [0.2, 0.25) is 0 Å². The van der Waals surface area contributed by atoms with Gasteiger partial charge in [-0.3, -0.25) is 10.1 Å². The molecule has 1 aliphatic heterocycles. The average molecular weight is 250 g/mol. The van der Waals surface area contributed by atoms with Crippen LogP contribution in [0.3, 0.4) is 0 Å². The zero-order chi connectivity index (χ0) is 13.2. The molecule has 1 aliphatic rings. The lowest BCUT2D eigenvalue weighted by molar-refractivity contribution is -0.385. The van der Waals surface area contributed by atoms with Crippen molar-refractivity contribution in [1.82, 2.24) is 10.3 Å². The topological polar surface area (TPSA) is 80.1 Å². The number of aryl methyl sites for hydroxylation is 1. The van der Waals surface area contributed by atoms with Gasteiger partial charge in [0, 0.05) is 11.6 Å². The molecule has 6 heteroatoms. The maximum atomic E-state index is 10.7. The molecule has 18 heavy (non-hydrogen) atoms. The van der Waals surface area contributed by atoms with Gasteiger partial charge < -0.3 is 10.6 Å². The van der Waals surface area contributed by atoms with Gasteiger partial charge in [-0.1, -0.05) is 0 Å².